The predicted octanol–water partition coefficient (Wildman–Crippen LogP) is -0.264. The van der Waals surface area contributed by atoms with Gasteiger partial charge in [-0.3, -0.25) is 4.79 Å². The third-order valence-corrected chi connectivity index (χ3v) is 1.64. The number of furan rings is 1. The van der Waals surface area contributed by atoms with Gasteiger partial charge < -0.3 is 15.6 Å². The fourth-order valence-electron chi connectivity index (χ4n) is 1.08. The number of carbonyl (C=O) groups excluding carboxylic acids is 1. The third kappa shape index (κ3) is 0.779. The van der Waals surface area contributed by atoms with E-state index in [1.165, 1.54) is 12.5 Å². The van der Waals surface area contributed by atoms with E-state index in [0.717, 1.165) is 11.3 Å². The molecule has 0 bridgehead atoms. The van der Waals surface area contributed by atoms with Gasteiger partial charge in [-0.2, -0.15) is 0 Å². The highest BCUT2D eigenvalue weighted by molar-refractivity contribution is 5.85. The van der Waals surface area contributed by atoms with E-state index < -0.39 is 11.9 Å². The summed E-state index contributed by atoms with van der Waals surface area (Å²) >= 11 is 0. The molecule has 0 aliphatic carbocycles. The van der Waals surface area contributed by atoms with Crippen LogP contribution < -0.4 is 16.6 Å². The van der Waals surface area contributed by atoms with E-state index in [4.69, 9.17) is 10.2 Å². The lowest BCUT2D eigenvalue weighted by Crippen LogP contribution is -2.31. The molecule has 0 saturated carbocycles. The van der Waals surface area contributed by atoms with Gasteiger partial charge in [0, 0.05) is 5.56 Å². The molecule has 0 fully saturated rings. The number of amides is 1. The van der Waals surface area contributed by atoms with Crippen LogP contribution in [0.25, 0.3) is 0 Å². The summed E-state index contributed by atoms with van der Waals surface area (Å²) in [5, 5.41) is 0. The van der Waals surface area contributed by atoms with Crippen molar-refractivity contribution in [2.45, 2.75) is 6.04 Å². The molecule has 0 saturated heterocycles. The van der Waals surface area contributed by atoms with Crippen LogP contribution in [0, 0.1) is 0 Å². The Kier molecular flexibility index (Phi) is 1.13. The molecule has 1 aromatic rings. The Morgan fingerprint density at radius 1 is 1.64 bits per heavy atom. The third-order valence-electron chi connectivity index (χ3n) is 1.64. The van der Waals surface area contributed by atoms with E-state index in [2.05, 4.69) is 10.9 Å². The van der Waals surface area contributed by atoms with Gasteiger partial charge in [0.05, 0.1) is 12.0 Å². The number of hydrogen-bond acceptors (Lipinski definition) is 4. The molecule has 1 aliphatic heterocycles. The number of nitrogens with two attached hydrogens (primary N) is 1. The highest BCUT2D eigenvalue weighted by Crippen LogP contribution is 2.28. The minimum Gasteiger partial charge on any atom is -0.470 e. The number of hydrogen-bond donors (Lipinski definition) is 3. The summed E-state index contributed by atoms with van der Waals surface area (Å²) in [6.07, 6.45) is 3.02. The Labute approximate surface area is 62.5 Å². The molecule has 58 valence electrons. The standard InChI is InChI=1S/C6H7N3O2/c7-6(10)5-3-1-11-2-4(3)8-9-5/h1-2,5,8-9H,(H2,7,10). The zero-order valence-corrected chi connectivity index (χ0v) is 5.63. The lowest BCUT2D eigenvalue weighted by molar-refractivity contribution is -0.119. The molecule has 5 heteroatoms. The fourth-order valence-corrected chi connectivity index (χ4v) is 1.08. The molecule has 1 amide bonds. The molecular formula is C6H7N3O2. The quantitative estimate of drug-likeness (QED) is 0.519. The smallest absolute Gasteiger partial charge is 0.241 e. The van der Waals surface area contributed by atoms with Gasteiger partial charge in [-0.05, 0) is 0 Å². The van der Waals surface area contributed by atoms with Crippen molar-refractivity contribution in [1.82, 2.24) is 5.43 Å². The second-order valence-electron chi connectivity index (χ2n) is 2.35. The Morgan fingerprint density at radius 3 is 3.18 bits per heavy atom. The number of rotatable bonds is 1. The van der Waals surface area contributed by atoms with Crippen molar-refractivity contribution >= 4 is 11.6 Å². The maximum Gasteiger partial charge on any atom is 0.241 e. The van der Waals surface area contributed by atoms with Crippen molar-refractivity contribution in [2.24, 2.45) is 5.73 Å². The van der Waals surface area contributed by atoms with Crippen LogP contribution in [0.5, 0.6) is 0 Å². The summed E-state index contributed by atoms with van der Waals surface area (Å²) < 4.78 is 4.86. The van der Waals surface area contributed by atoms with Crippen molar-refractivity contribution in [3.8, 4) is 0 Å². The number of hydrazine groups is 1. The van der Waals surface area contributed by atoms with Gasteiger partial charge in [0.25, 0.3) is 0 Å². The highest BCUT2D eigenvalue weighted by Gasteiger charge is 2.27. The van der Waals surface area contributed by atoms with Crippen LogP contribution in [0.15, 0.2) is 16.9 Å². The lowest BCUT2D eigenvalue weighted by atomic mass is 10.1. The maximum atomic E-state index is 10.7. The summed E-state index contributed by atoms with van der Waals surface area (Å²) in [4.78, 5) is 10.7. The predicted molar refractivity (Wildman–Crippen MR) is 37.4 cm³/mol. The fraction of sp³-hybridized carbons (Fsp3) is 0.167. The van der Waals surface area contributed by atoms with E-state index in [0.29, 0.717) is 0 Å². The Bertz CT molecular complexity index is 294. The summed E-state index contributed by atoms with van der Waals surface area (Å²) in [5.74, 6) is -0.419. The Balaban J connectivity index is 2.38. The molecule has 11 heavy (non-hydrogen) atoms. The topological polar surface area (TPSA) is 80.3 Å². The van der Waals surface area contributed by atoms with Crippen LogP contribution in [-0.4, -0.2) is 5.91 Å². The summed E-state index contributed by atoms with van der Waals surface area (Å²) in [6, 6.07) is -0.469. The van der Waals surface area contributed by atoms with E-state index in [1.807, 2.05) is 0 Å². The van der Waals surface area contributed by atoms with E-state index in [9.17, 15) is 4.79 Å². The minimum absolute atomic E-state index is 0.419. The molecule has 0 spiro atoms. The van der Waals surface area contributed by atoms with E-state index in [1.54, 1.807) is 0 Å². The normalized spacial score (nSPS) is 20.9. The highest BCUT2D eigenvalue weighted by atomic mass is 16.3. The van der Waals surface area contributed by atoms with Crippen LogP contribution in [0.4, 0.5) is 5.69 Å². The van der Waals surface area contributed by atoms with Crippen LogP contribution in [-0.2, 0) is 4.79 Å². The van der Waals surface area contributed by atoms with Gasteiger partial charge in [0.2, 0.25) is 5.91 Å². The average molecular weight is 153 g/mol. The number of primary amides is 1. The first kappa shape index (κ1) is 6.23. The van der Waals surface area contributed by atoms with Crippen molar-refractivity contribution < 1.29 is 9.21 Å². The molecule has 2 rings (SSSR count). The van der Waals surface area contributed by atoms with Gasteiger partial charge in [-0.25, -0.2) is 5.43 Å². The van der Waals surface area contributed by atoms with Crippen LogP contribution in [0.2, 0.25) is 0 Å². The zero-order chi connectivity index (χ0) is 7.84. The summed E-state index contributed by atoms with van der Waals surface area (Å²) in [7, 11) is 0. The van der Waals surface area contributed by atoms with Gasteiger partial charge in [-0.15, -0.1) is 0 Å². The van der Waals surface area contributed by atoms with Crippen molar-refractivity contribution in [2.75, 3.05) is 5.43 Å². The number of carbonyl (C=O) groups is 1. The average Bonchev–Trinajstić information content (AvgIpc) is 2.41. The van der Waals surface area contributed by atoms with Gasteiger partial charge >= 0.3 is 0 Å². The molecule has 1 unspecified atom stereocenters. The van der Waals surface area contributed by atoms with Gasteiger partial charge in [-0.1, -0.05) is 0 Å². The minimum atomic E-state index is -0.469. The molecule has 1 aliphatic rings. The molecule has 1 atom stereocenters. The number of fused-ring (bicyclic) bond motifs is 1. The SMILES string of the molecule is NC(=O)C1NNc2cocc21. The molecule has 2 heterocycles. The lowest BCUT2D eigenvalue weighted by Gasteiger charge is -2.02. The molecular weight excluding hydrogens is 146 g/mol. The van der Waals surface area contributed by atoms with Crippen molar-refractivity contribution in [3.05, 3.63) is 18.1 Å². The summed E-state index contributed by atoms with van der Waals surface area (Å²) in [5.41, 5.74) is 12.1. The van der Waals surface area contributed by atoms with Crippen LogP contribution in [0.1, 0.15) is 11.6 Å². The van der Waals surface area contributed by atoms with Gasteiger partial charge in [0.1, 0.15) is 12.3 Å². The number of anilines is 1. The Morgan fingerprint density at radius 2 is 2.45 bits per heavy atom. The second-order valence-corrected chi connectivity index (χ2v) is 2.35. The van der Waals surface area contributed by atoms with Crippen molar-refractivity contribution in [1.29, 1.82) is 0 Å². The first-order chi connectivity index (χ1) is 5.29. The maximum absolute atomic E-state index is 10.7. The first-order valence-electron chi connectivity index (χ1n) is 3.16. The molecule has 0 radical (unpaired) electrons. The Hall–Kier alpha value is -1.49. The van der Waals surface area contributed by atoms with Crippen molar-refractivity contribution in [3.63, 3.8) is 0 Å². The monoisotopic (exact) mass is 153 g/mol. The van der Waals surface area contributed by atoms with E-state index in [-0.39, 0.29) is 0 Å². The van der Waals surface area contributed by atoms with Crippen LogP contribution in [0.3, 0.4) is 0 Å². The molecule has 4 N–H and O–H groups in total. The van der Waals surface area contributed by atoms with Crippen LogP contribution >= 0.6 is 0 Å². The van der Waals surface area contributed by atoms with E-state index >= 15 is 0 Å². The summed E-state index contributed by atoms with van der Waals surface area (Å²) in [6.45, 7) is 0. The molecule has 0 aromatic carbocycles. The largest absolute Gasteiger partial charge is 0.470 e. The number of nitrogens with one attached hydrogen (secondary N) is 2. The molecule has 1 aromatic heterocycles. The first-order valence-corrected chi connectivity index (χ1v) is 3.16. The second kappa shape index (κ2) is 2.00. The van der Waals surface area contributed by atoms with Gasteiger partial charge in [0.15, 0.2) is 0 Å². The molecule has 5 nitrogen and oxygen atoms in total. The zero-order valence-electron chi connectivity index (χ0n) is 5.63.